The van der Waals surface area contributed by atoms with Gasteiger partial charge in [0.05, 0.1) is 27.4 Å². The molecule has 0 unspecified atom stereocenters. The maximum Gasteiger partial charge on any atom is 0.297 e. The molecule has 0 aromatic heterocycles. The number of rotatable bonds is 10. The molecule has 0 spiro atoms. The van der Waals surface area contributed by atoms with E-state index in [2.05, 4.69) is 0 Å². The molecular weight excluding hydrogens is 608 g/mol. The van der Waals surface area contributed by atoms with E-state index in [9.17, 15) is 25.3 Å². The van der Waals surface area contributed by atoms with Gasteiger partial charge in [-0.05, 0) is 64.1 Å². The second-order valence-corrected chi connectivity index (χ2v) is 14.7. The van der Waals surface area contributed by atoms with Crippen LogP contribution < -0.4 is 0 Å². The zero-order chi connectivity index (χ0) is 30.7. The molecule has 42 heavy (non-hydrogen) atoms. The van der Waals surface area contributed by atoms with E-state index in [-0.39, 0.29) is 14.7 Å². The lowest BCUT2D eigenvalue weighted by molar-refractivity contribution is -0.108. The van der Waals surface area contributed by atoms with E-state index in [1.54, 1.807) is 57.2 Å². The molecule has 14 heteroatoms. The van der Waals surface area contributed by atoms with Gasteiger partial charge in [-0.3, -0.25) is 12.5 Å². The van der Waals surface area contributed by atoms with Crippen LogP contribution in [-0.2, 0) is 52.4 Å². The Bertz CT molecular complexity index is 1680. The van der Waals surface area contributed by atoms with Crippen molar-refractivity contribution in [3.05, 3.63) is 89.5 Å². The number of benzene rings is 3. The van der Waals surface area contributed by atoms with E-state index >= 15 is 0 Å². The van der Waals surface area contributed by atoms with Crippen molar-refractivity contribution >= 4 is 30.4 Å². The molecule has 0 bridgehead atoms. The van der Waals surface area contributed by atoms with Crippen LogP contribution >= 0.6 is 0 Å². The SMILES string of the molecule is Cc1ccc(S(=O)(=O)OC[C@H]2OCO[C@@H](C)[C@@H](OS(=O)(=O)c3ccc(C)cc3)[C@@H]2OS(=O)(=O)c2ccc(C)cc2)cc1. The molecule has 4 rings (SSSR count). The summed E-state index contributed by atoms with van der Waals surface area (Å²) in [7, 11) is -13.3. The number of hydrogen-bond donors (Lipinski definition) is 0. The Labute approximate surface area is 246 Å². The van der Waals surface area contributed by atoms with Crippen LogP contribution in [0.3, 0.4) is 0 Å². The van der Waals surface area contributed by atoms with Crippen molar-refractivity contribution in [1.82, 2.24) is 0 Å². The first-order chi connectivity index (χ1) is 19.7. The highest BCUT2D eigenvalue weighted by molar-refractivity contribution is 7.87. The van der Waals surface area contributed by atoms with Gasteiger partial charge in [-0.15, -0.1) is 0 Å². The Balaban J connectivity index is 1.70. The Hall–Kier alpha value is -2.69. The van der Waals surface area contributed by atoms with Crippen molar-refractivity contribution in [3.8, 4) is 0 Å². The number of ether oxygens (including phenoxy) is 2. The molecule has 1 heterocycles. The summed E-state index contributed by atoms with van der Waals surface area (Å²) < 4.78 is 107. The van der Waals surface area contributed by atoms with Gasteiger partial charge in [0.15, 0.2) is 0 Å². The van der Waals surface area contributed by atoms with Crippen LogP contribution in [0.4, 0.5) is 0 Å². The molecular formula is C28H32O11S3. The summed E-state index contributed by atoms with van der Waals surface area (Å²) in [5, 5.41) is 0. The largest absolute Gasteiger partial charge is 0.350 e. The zero-order valence-electron chi connectivity index (χ0n) is 23.4. The van der Waals surface area contributed by atoms with Gasteiger partial charge in [-0.1, -0.05) is 53.1 Å². The van der Waals surface area contributed by atoms with Gasteiger partial charge in [-0.25, -0.2) is 0 Å². The minimum absolute atomic E-state index is 0.133. The van der Waals surface area contributed by atoms with Crippen LogP contribution in [0.25, 0.3) is 0 Å². The van der Waals surface area contributed by atoms with Crippen molar-refractivity contribution < 1.29 is 47.3 Å². The van der Waals surface area contributed by atoms with Crippen molar-refractivity contribution in [3.63, 3.8) is 0 Å². The lowest BCUT2D eigenvalue weighted by Crippen LogP contribution is -2.49. The van der Waals surface area contributed by atoms with Gasteiger partial charge < -0.3 is 9.47 Å². The lowest BCUT2D eigenvalue weighted by atomic mass is 10.0. The van der Waals surface area contributed by atoms with Crippen LogP contribution in [0.1, 0.15) is 23.6 Å². The highest BCUT2D eigenvalue weighted by Gasteiger charge is 2.45. The summed E-state index contributed by atoms with van der Waals surface area (Å²) in [5.41, 5.74) is 2.44. The zero-order valence-corrected chi connectivity index (χ0v) is 25.8. The van der Waals surface area contributed by atoms with Gasteiger partial charge in [0.1, 0.15) is 25.1 Å². The second-order valence-electron chi connectivity index (χ2n) is 9.90. The number of aryl methyl sites for hydroxylation is 3. The monoisotopic (exact) mass is 640 g/mol. The van der Waals surface area contributed by atoms with Crippen LogP contribution in [-0.4, -0.2) is 63.1 Å². The summed E-state index contributed by atoms with van der Waals surface area (Å²) >= 11 is 0. The number of hydrogen-bond acceptors (Lipinski definition) is 11. The summed E-state index contributed by atoms with van der Waals surface area (Å²) in [6.07, 6.45) is -5.81. The Morgan fingerprint density at radius 1 is 0.595 bits per heavy atom. The third kappa shape index (κ3) is 7.82. The molecule has 0 amide bonds. The molecule has 3 aromatic rings. The van der Waals surface area contributed by atoms with Gasteiger partial charge in [0, 0.05) is 0 Å². The summed E-state index contributed by atoms with van der Waals surface area (Å²) in [6.45, 7) is 5.63. The van der Waals surface area contributed by atoms with Crippen LogP contribution in [0, 0.1) is 20.8 Å². The third-order valence-electron chi connectivity index (χ3n) is 6.56. The molecule has 0 radical (unpaired) electrons. The predicted octanol–water partition coefficient (Wildman–Crippen LogP) is 3.63. The van der Waals surface area contributed by atoms with Crippen molar-refractivity contribution in [2.24, 2.45) is 0 Å². The fourth-order valence-corrected chi connectivity index (χ4v) is 7.20. The molecule has 0 aliphatic carbocycles. The van der Waals surface area contributed by atoms with Crippen LogP contribution in [0.5, 0.6) is 0 Å². The van der Waals surface area contributed by atoms with E-state index in [0.717, 1.165) is 16.7 Å². The standard InChI is InChI=1S/C28H32O11S3/c1-19-5-11-23(12-6-19)40(29,30)37-17-26-28(39-42(33,34)25-15-9-21(3)10-16-25)27(22(4)35-18-36-26)38-41(31,32)24-13-7-20(2)8-14-24/h5-16,22,26-28H,17-18H2,1-4H3/t22-,26+,27+,28+/m0/s1. The minimum atomic E-state index is -4.53. The summed E-state index contributed by atoms with van der Waals surface area (Å²) in [5.74, 6) is 0. The first kappa shape index (κ1) is 32.2. The smallest absolute Gasteiger partial charge is 0.297 e. The van der Waals surface area contributed by atoms with E-state index in [0.29, 0.717) is 0 Å². The fraction of sp³-hybridized carbons (Fsp3) is 0.357. The predicted molar refractivity (Wildman–Crippen MR) is 151 cm³/mol. The molecule has 0 N–H and O–H groups in total. The molecule has 1 aliphatic rings. The van der Waals surface area contributed by atoms with Crippen molar-refractivity contribution in [2.75, 3.05) is 13.4 Å². The maximum absolute atomic E-state index is 13.4. The minimum Gasteiger partial charge on any atom is -0.350 e. The van der Waals surface area contributed by atoms with Gasteiger partial charge >= 0.3 is 0 Å². The lowest BCUT2D eigenvalue weighted by Gasteiger charge is -2.31. The third-order valence-corrected chi connectivity index (χ3v) is 10.5. The Morgan fingerprint density at radius 2 is 0.976 bits per heavy atom. The highest BCUT2D eigenvalue weighted by atomic mass is 32.2. The van der Waals surface area contributed by atoms with E-state index in [1.807, 2.05) is 0 Å². The fourth-order valence-electron chi connectivity index (χ4n) is 4.04. The first-order valence-electron chi connectivity index (χ1n) is 12.9. The second kappa shape index (κ2) is 12.9. The molecule has 0 saturated carbocycles. The van der Waals surface area contributed by atoms with E-state index < -0.39 is 68.2 Å². The van der Waals surface area contributed by atoms with E-state index in [1.165, 1.54) is 43.3 Å². The quantitative estimate of drug-likeness (QED) is 0.299. The van der Waals surface area contributed by atoms with Crippen LogP contribution in [0.2, 0.25) is 0 Å². The van der Waals surface area contributed by atoms with Crippen molar-refractivity contribution in [2.45, 2.75) is 66.8 Å². The Morgan fingerprint density at radius 3 is 1.40 bits per heavy atom. The molecule has 11 nitrogen and oxygen atoms in total. The van der Waals surface area contributed by atoms with Gasteiger partial charge in [0.2, 0.25) is 0 Å². The molecule has 1 fully saturated rings. The molecule has 3 aromatic carbocycles. The molecule has 1 aliphatic heterocycles. The molecule has 1 saturated heterocycles. The van der Waals surface area contributed by atoms with Crippen molar-refractivity contribution in [1.29, 1.82) is 0 Å². The summed E-state index contributed by atoms with van der Waals surface area (Å²) in [6, 6.07) is 17.5. The molecule has 4 atom stereocenters. The van der Waals surface area contributed by atoms with Gasteiger partial charge in [-0.2, -0.15) is 25.3 Å². The average Bonchev–Trinajstić information content (AvgIpc) is 3.06. The highest BCUT2D eigenvalue weighted by Crippen LogP contribution is 2.29. The summed E-state index contributed by atoms with van der Waals surface area (Å²) in [4.78, 5) is -0.524. The van der Waals surface area contributed by atoms with Gasteiger partial charge in [0.25, 0.3) is 30.4 Å². The normalized spacial score (nSPS) is 22.0. The average molecular weight is 641 g/mol. The van der Waals surface area contributed by atoms with Crippen LogP contribution in [0.15, 0.2) is 87.5 Å². The Kier molecular flexibility index (Phi) is 9.89. The topological polar surface area (TPSA) is 149 Å². The molecule has 228 valence electrons. The first-order valence-corrected chi connectivity index (χ1v) is 17.1. The van der Waals surface area contributed by atoms with E-state index in [4.69, 9.17) is 22.0 Å². The maximum atomic E-state index is 13.4.